The molecule has 1 aliphatic heterocycles. The van der Waals surface area contributed by atoms with Crippen molar-refractivity contribution in [2.75, 3.05) is 26.8 Å². The number of likely N-dealkylation sites (tertiary alicyclic amines) is 1. The first-order valence-corrected chi connectivity index (χ1v) is 17.1. The Kier molecular flexibility index (Phi) is 13.9. The largest absolute Gasteiger partial charge is 0.400 e. The van der Waals surface area contributed by atoms with Gasteiger partial charge in [0.2, 0.25) is 7.98 Å². The van der Waals surface area contributed by atoms with Crippen LogP contribution in [0.1, 0.15) is 63.9 Å². The van der Waals surface area contributed by atoms with Gasteiger partial charge in [-0.2, -0.15) is 0 Å². The van der Waals surface area contributed by atoms with Gasteiger partial charge in [-0.15, -0.1) is 0 Å². The molecule has 1 N–H and O–H groups in total. The molecule has 266 valence electrons. The summed E-state index contributed by atoms with van der Waals surface area (Å²) in [6.45, 7) is 16.3. The summed E-state index contributed by atoms with van der Waals surface area (Å²) in [6, 6.07) is 18.3. The lowest BCUT2D eigenvalue weighted by atomic mass is 10.0. The fourth-order valence-corrected chi connectivity index (χ4v) is 7.21. The van der Waals surface area contributed by atoms with Gasteiger partial charge in [-0.1, -0.05) is 42.5 Å². The number of aliphatic hydroxyl groups excluding tert-OH is 1. The van der Waals surface area contributed by atoms with Crippen molar-refractivity contribution < 1.29 is 30.2 Å². The highest BCUT2D eigenvalue weighted by atomic mass is 31.2. The topological polar surface area (TPSA) is 153 Å². The zero-order chi connectivity index (χ0) is 38.4. The van der Waals surface area contributed by atoms with Gasteiger partial charge in [-0.3, -0.25) is 25.0 Å². The fourth-order valence-electron chi connectivity index (χ4n) is 5.50. The summed E-state index contributed by atoms with van der Waals surface area (Å²) < 4.78 is 28.5. The van der Waals surface area contributed by atoms with Crippen LogP contribution in [-0.4, -0.2) is 82.9 Å². The Morgan fingerprint density at radius 2 is 1.72 bits per heavy atom. The molecule has 0 saturated carbocycles. The van der Waals surface area contributed by atoms with E-state index < -0.39 is 18.4 Å². The molecule has 3 atom stereocenters. The van der Waals surface area contributed by atoms with Gasteiger partial charge in [0.25, 0.3) is 25.8 Å². The van der Waals surface area contributed by atoms with Crippen LogP contribution in [0, 0.1) is 26.8 Å². The van der Waals surface area contributed by atoms with Crippen LogP contribution >= 0.6 is 8.53 Å². The lowest BCUT2D eigenvalue weighted by Gasteiger charge is -2.36. The maximum absolute atomic E-state index is 13.6. The Morgan fingerprint density at radius 3 is 2.26 bits per heavy atom. The van der Waals surface area contributed by atoms with Crippen molar-refractivity contribution in [1.82, 2.24) is 9.57 Å². The van der Waals surface area contributed by atoms with Crippen LogP contribution in [0.15, 0.2) is 66.7 Å². The van der Waals surface area contributed by atoms with E-state index in [1.165, 1.54) is 19.2 Å². The van der Waals surface area contributed by atoms with Crippen molar-refractivity contribution in [3.63, 3.8) is 0 Å². The second-order valence-electron chi connectivity index (χ2n) is 11.9. The van der Waals surface area contributed by atoms with Crippen molar-refractivity contribution in [3.05, 3.63) is 115 Å². The van der Waals surface area contributed by atoms with Crippen LogP contribution in [0.5, 0.6) is 0 Å². The van der Waals surface area contributed by atoms with Crippen molar-refractivity contribution in [3.8, 4) is 11.1 Å². The first kappa shape index (κ1) is 36.7. The zero-order valence-corrected chi connectivity index (χ0v) is 29.7. The summed E-state index contributed by atoms with van der Waals surface area (Å²) in [4.78, 5) is 39.9. The molecule has 0 radical (unpaired) electrons. The maximum Gasteiger partial charge on any atom is 0.283 e. The van der Waals surface area contributed by atoms with Crippen LogP contribution in [-0.2, 0) is 9.05 Å². The lowest BCUT2D eigenvalue weighted by Crippen LogP contribution is -2.36. The van der Waals surface area contributed by atoms with Gasteiger partial charge in [0.1, 0.15) is 6.61 Å². The van der Waals surface area contributed by atoms with Gasteiger partial charge in [0.15, 0.2) is 0 Å². The molecule has 0 aromatic heterocycles. The number of non-ortho nitro benzene ring substituents is 1. The van der Waals surface area contributed by atoms with Crippen LogP contribution in [0.2, 0.25) is 0 Å². The average molecular weight is 709 g/mol. The maximum atomic E-state index is 13.6. The molecular weight excluding hydrogens is 661 g/mol. The highest BCUT2D eigenvalue weighted by Crippen LogP contribution is 2.48. The standard InChI is InChI=1S/C35H40N5O7P.CH4O/c1-24(2)38(25(3)4)48(46-20-19-36-6)47-33-21-26(5)37(23-33)35(41)31-15-13-29(14-16-31)28-10-7-27(8-11-28)9-12-30-17-18-32(39(42)43)22-34(30)40(44)45;1-2/h7-18,22,24-26,33H,19-21,23H2,1-5H3;2H,1H3/b12-9+;/t26-,33-,48?;/m1./s1/i5D;2T. The van der Waals surface area contributed by atoms with E-state index in [1.807, 2.05) is 36.4 Å². The molecule has 0 bridgehead atoms. The number of aliphatic hydroxyl groups is 1. The van der Waals surface area contributed by atoms with Crippen molar-refractivity contribution >= 4 is 38.0 Å². The first-order valence-electron chi connectivity index (χ1n) is 17.1. The lowest BCUT2D eigenvalue weighted by molar-refractivity contribution is -0.394. The Hall–Kier alpha value is -4.57. The molecule has 50 heavy (non-hydrogen) atoms. The number of hydrogen-bond donors (Lipinski definition) is 1. The molecule has 1 heterocycles. The van der Waals surface area contributed by atoms with E-state index in [-0.39, 0.29) is 67.1 Å². The van der Waals surface area contributed by atoms with E-state index in [1.54, 1.807) is 29.2 Å². The summed E-state index contributed by atoms with van der Waals surface area (Å²) in [7, 11) is -0.168. The Bertz CT molecular complexity index is 1710. The van der Waals surface area contributed by atoms with E-state index in [9.17, 15) is 25.0 Å². The van der Waals surface area contributed by atoms with E-state index in [0.29, 0.717) is 18.5 Å². The summed E-state index contributed by atoms with van der Waals surface area (Å²) in [6.07, 6.45) is 3.48. The molecule has 0 spiro atoms. The third-order valence-corrected chi connectivity index (χ3v) is 9.96. The number of carbonyl (C=O) groups excluding carboxylic acids is 1. The second-order valence-corrected chi connectivity index (χ2v) is 13.3. The molecule has 3 aromatic carbocycles. The number of hydrogen-bond acceptors (Lipinski definition) is 9. The highest BCUT2D eigenvalue weighted by Gasteiger charge is 2.38. The van der Waals surface area contributed by atoms with E-state index in [0.717, 1.165) is 22.8 Å². The van der Waals surface area contributed by atoms with E-state index >= 15 is 0 Å². The van der Waals surface area contributed by atoms with Crippen LogP contribution in [0.25, 0.3) is 28.1 Å². The molecule has 1 unspecified atom stereocenters. The molecule has 3 aromatic rings. The molecule has 14 heteroatoms. The summed E-state index contributed by atoms with van der Waals surface area (Å²) in [5, 5.41) is 25.9. The molecule has 1 fully saturated rings. The zero-order valence-electron chi connectivity index (χ0n) is 30.8. The van der Waals surface area contributed by atoms with Crippen LogP contribution in [0.3, 0.4) is 0 Å². The number of amides is 1. The van der Waals surface area contributed by atoms with Crippen molar-refractivity contribution in [2.45, 2.75) is 65.2 Å². The predicted molar refractivity (Wildman–Crippen MR) is 195 cm³/mol. The number of nitro groups is 2. The Morgan fingerprint density at radius 1 is 1.10 bits per heavy atom. The molecule has 4 rings (SSSR count). The van der Waals surface area contributed by atoms with Crippen molar-refractivity contribution in [2.24, 2.45) is 0 Å². The van der Waals surface area contributed by atoms with Gasteiger partial charge in [0.05, 0.1) is 27.6 Å². The molecule has 1 amide bonds. The first-order chi connectivity index (χ1) is 24.8. The van der Waals surface area contributed by atoms with Gasteiger partial charge in [0, 0.05) is 44.8 Å². The van der Waals surface area contributed by atoms with Gasteiger partial charge < -0.3 is 23.9 Å². The predicted octanol–water partition coefficient (Wildman–Crippen LogP) is 7.85. The minimum atomic E-state index is -1.46. The highest BCUT2D eigenvalue weighted by molar-refractivity contribution is 7.44. The molecule has 0 aliphatic carbocycles. The monoisotopic (exact) mass is 708 g/mol. The summed E-state index contributed by atoms with van der Waals surface area (Å²) in [5.41, 5.74) is 2.64. The van der Waals surface area contributed by atoms with E-state index in [2.05, 4.69) is 42.3 Å². The normalized spacial score (nSPS) is 16.9. The molecular formula is C36H44N5O8P. The fraction of sp³-hybridized carbons (Fsp3) is 0.389. The minimum absolute atomic E-state index is 0.0522. The third-order valence-electron chi connectivity index (χ3n) is 7.78. The molecule has 1 aliphatic rings. The smallest absolute Gasteiger partial charge is 0.283 e. The van der Waals surface area contributed by atoms with Gasteiger partial charge in [-0.05, 0) is 82.0 Å². The average Bonchev–Trinajstić information content (AvgIpc) is 3.53. The Labute approximate surface area is 297 Å². The van der Waals surface area contributed by atoms with Crippen LogP contribution in [0.4, 0.5) is 11.4 Å². The number of carbonyl (C=O) groups is 1. The number of benzene rings is 3. The third kappa shape index (κ3) is 10.5. The van der Waals surface area contributed by atoms with E-state index in [4.69, 9.17) is 18.4 Å². The summed E-state index contributed by atoms with van der Waals surface area (Å²) in [5.74, 6) is -0.168. The minimum Gasteiger partial charge on any atom is -0.400 e. The number of nitrogens with zero attached hydrogens (tertiary/aromatic N) is 5. The quantitative estimate of drug-likeness (QED) is 0.0441. The molecule has 13 nitrogen and oxygen atoms in total. The molecule has 1 saturated heterocycles. The Balaban J connectivity index is 0.00000235. The second kappa shape index (κ2) is 19.0. The number of rotatable bonds is 14. The van der Waals surface area contributed by atoms with Crippen molar-refractivity contribution in [1.29, 1.82) is 1.43 Å². The van der Waals surface area contributed by atoms with Gasteiger partial charge in [-0.25, -0.2) is 11.2 Å². The SMILES string of the molecule is [2H]C[C@@H]1C[C@@H](OP(OCC[N+]#[C-])N(C(C)C)C(C)C)CN1C(=O)c1ccc(-c2ccc(/C=C/c3ccc([N+](=O)[O-])cc3[N+](=O)[O-])cc2)cc1.[3H]OC. The van der Waals surface area contributed by atoms with Crippen LogP contribution < -0.4 is 0 Å². The number of nitro benzene ring substituents is 2. The van der Waals surface area contributed by atoms with Gasteiger partial charge >= 0.3 is 0 Å². The summed E-state index contributed by atoms with van der Waals surface area (Å²) >= 11 is 0.